The van der Waals surface area contributed by atoms with Crippen molar-refractivity contribution in [2.24, 2.45) is 11.3 Å². The lowest BCUT2D eigenvalue weighted by Gasteiger charge is -2.24. The summed E-state index contributed by atoms with van der Waals surface area (Å²) in [6.45, 7) is 8.95. The molecule has 0 heterocycles. The van der Waals surface area contributed by atoms with Crippen molar-refractivity contribution in [3.63, 3.8) is 0 Å². The highest BCUT2D eigenvalue weighted by Gasteiger charge is 2.33. The second-order valence-corrected chi connectivity index (χ2v) is 6.57. The monoisotopic (exact) mass is 240 g/mol. The Morgan fingerprint density at radius 3 is 2.47 bits per heavy atom. The molecule has 3 nitrogen and oxygen atoms in total. The SMILES string of the molecule is CNC(=O)C(CC(C)C)NC1CCC(C)(C)C1. The highest BCUT2D eigenvalue weighted by atomic mass is 16.2. The minimum absolute atomic E-state index is 0.0288. The molecule has 1 aliphatic carbocycles. The number of carbonyl (C=O) groups excluding carboxylic acids is 1. The Labute approximate surface area is 106 Å². The van der Waals surface area contributed by atoms with E-state index in [4.69, 9.17) is 0 Å². The van der Waals surface area contributed by atoms with Gasteiger partial charge >= 0.3 is 0 Å². The Kier molecular flexibility index (Phi) is 4.99. The lowest BCUT2D eigenvalue weighted by molar-refractivity contribution is -0.123. The number of hydrogen-bond donors (Lipinski definition) is 2. The molecule has 0 aromatic carbocycles. The van der Waals surface area contributed by atoms with Gasteiger partial charge in [-0.05, 0) is 37.0 Å². The van der Waals surface area contributed by atoms with Crippen LogP contribution >= 0.6 is 0 Å². The molecule has 100 valence electrons. The summed E-state index contributed by atoms with van der Waals surface area (Å²) in [6.07, 6.45) is 4.54. The molecule has 0 saturated heterocycles. The maximum atomic E-state index is 11.8. The van der Waals surface area contributed by atoms with E-state index in [0.29, 0.717) is 17.4 Å². The zero-order valence-corrected chi connectivity index (χ0v) is 12.0. The first kappa shape index (κ1) is 14.5. The minimum Gasteiger partial charge on any atom is -0.358 e. The summed E-state index contributed by atoms with van der Waals surface area (Å²) in [5.41, 5.74) is 0.433. The summed E-state index contributed by atoms with van der Waals surface area (Å²) in [7, 11) is 1.72. The Morgan fingerprint density at radius 1 is 1.41 bits per heavy atom. The first-order chi connectivity index (χ1) is 7.84. The van der Waals surface area contributed by atoms with E-state index in [0.717, 1.165) is 6.42 Å². The third kappa shape index (κ3) is 4.66. The average molecular weight is 240 g/mol. The van der Waals surface area contributed by atoms with E-state index in [1.807, 2.05) is 0 Å². The Hall–Kier alpha value is -0.570. The fraction of sp³-hybridized carbons (Fsp3) is 0.929. The second-order valence-electron chi connectivity index (χ2n) is 6.57. The molecule has 2 atom stereocenters. The van der Waals surface area contributed by atoms with Crippen LogP contribution in [0.5, 0.6) is 0 Å². The van der Waals surface area contributed by atoms with Crippen molar-refractivity contribution in [3.05, 3.63) is 0 Å². The molecule has 17 heavy (non-hydrogen) atoms. The van der Waals surface area contributed by atoms with E-state index < -0.39 is 0 Å². The maximum Gasteiger partial charge on any atom is 0.236 e. The summed E-state index contributed by atoms with van der Waals surface area (Å²) >= 11 is 0. The van der Waals surface area contributed by atoms with E-state index in [1.165, 1.54) is 19.3 Å². The van der Waals surface area contributed by atoms with Crippen LogP contribution in [0.25, 0.3) is 0 Å². The molecular formula is C14H28N2O. The molecule has 0 radical (unpaired) electrons. The van der Waals surface area contributed by atoms with Crippen molar-refractivity contribution in [2.45, 2.75) is 65.5 Å². The molecule has 0 aromatic heterocycles. The van der Waals surface area contributed by atoms with Gasteiger partial charge in [-0.25, -0.2) is 0 Å². The normalized spacial score (nSPS) is 24.9. The van der Waals surface area contributed by atoms with E-state index in [2.05, 4.69) is 38.3 Å². The lowest BCUT2D eigenvalue weighted by Crippen LogP contribution is -2.47. The van der Waals surface area contributed by atoms with Crippen LogP contribution in [0.2, 0.25) is 0 Å². The van der Waals surface area contributed by atoms with Crippen molar-refractivity contribution >= 4 is 5.91 Å². The zero-order valence-electron chi connectivity index (χ0n) is 12.0. The van der Waals surface area contributed by atoms with Gasteiger partial charge in [-0.1, -0.05) is 27.7 Å². The van der Waals surface area contributed by atoms with Gasteiger partial charge in [0.15, 0.2) is 0 Å². The van der Waals surface area contributed by atoms with Gasteiger partial charge in [0.05, 0.1) is 6.04 Å². The van der Waals surface area contributed by atoms with E-state index in [9.17, 15) is 4.79 Å². The molecule has 0 bridgehead atoms. The molecule has 0 aromatic rings. The summed E-state index contributed by atoms with van der Waals surface area (Å²) in [5, 5.41) is 6.31. The second kappa shape index (κ2) is 5.85. The fourth-order valence-electron chi connectivity index (χ4n) is 2.76. The quantitative estimate of drug-likeness (QED) is 0.774. The number of likely N-dealkylation sites (N-methyl/N-ethyl adjacent to an activating group) is 1. The van der Waals surface area contributed by atoms with Crippen molar-refractivity contribution in [1.82, 2.24) is 10.6 Å². The van der Waals surface area contributed by atoms with Gasteiger partial charge in [0.1, 0.15) is 0 Å². The van der Waals surface area contributed by atoms with Crippen LogP contribution in [0.1, 0.15) is 53.4 Å². The smallest absolute Gasteiger partial charge is 0.236 e. The number of nitrogens with one attached hydrogen (secondary N) is 2. The number of carbonyl (C=O) groups is 1. The van der Waals surface area contributed by atoms with Crippen LogP contribution in [-0.4, -0.2) is 25.0 Å². The highest BCUT2D eigenvalue weighted by Crippen LogP contribution is 2.37. The van der Waals surface area contributed by atoms with Gasteiger partial charge in [0, 0.05) is 13.1 Å². The molecule has 1 amide bonds. The molecule has 1 aliphatic rings. The molecule has 0 aliphatic heterocycles. The topological polar surface area (TPSA) is 41.1 Å². The first-order valence-corrected chi connectivity index (χ1v) is 6.81. The van der Waals surface area contributed by atoms with Crippen molar-refractivity contribution in [2.75, 3.05) is 7.05 Å². The van der Waals surface area contributed by atoms with Gasteiger partial charge in [0.2, 0.25) is 5.91 Å². The average Bonchev–Trinajstić information content (AvgIpc) is 2.55. The molecule has 0 spiro atoms. The third-order valence-corrected chi connectivity index (χ3v) is 3.68. The van der Waals surface area contributed by atoms with Gasteiger partial charge in [0.25, 0.3) is 0 Å². The van der Waals surface area contributed by atoms with Gasteiger partial charge < -0.3 is 10.6 Å². The minimum atomic E-state index is -0.0288. The van der Waals surface area contributed by atoms with E-state index in [1.54, 1.807) is 7.05 Å². The molecule has 1 fully saturated rings. The highest BCUT2D eigenvalue weighted by molar-refractivity contribution is 5.81. The molecule has 1 saturated carbocycles. The third-order valence-electron chi connectivity index (χ3n) is 3.68. The van der Waals surface area contributed by atoms with Gasteiger partial charge in [-0.15, -0.1) is 0 Å². The molecule has 2 unspecified atom stereocenters. The number of rotatable bonds is 5. The first-order valence-electron chi connectivity index (χ1n) is 6.81. The zero-order chi connectivity index (χ0) is 13.1. The van der Waals surface area contributed by atoms with Crippen LogP contribution in [0.4, 0.5) is 0 Å². The Morgan fingerprint density at radius 2 is 2.06 bits per heavy atom. The Bertz CT molecular complexity index is 261. The molecule has 3 heteroatoms. The van der Waals surface area contributed by atoms with E-state index in [-0.39, 0.29) is 11.9 Å². The van der Waals surface area contributed by atoms with Crippen molar-refractivity contribution in [3.8, 4) is 0 Å². The van der Waals surface area contributed by atoms with Crippen LogP contribution in [0, 0.1) is 11.3 Å². The summed E-state index contributed by atoms with van der Waals surface area (Å²) in [6, 6.07) is 0.477. The maximum absolute atomic E-state index is 11.8. The summed E-state index contributed by atoms with van der Waals surface area (Å²) in [5.74, 6) is 0.669. The molecule has 1 rings (SSSR count). The van der Waals surface area contributed by atoms with Crippen molar-refractivity contribution in [1.29, 1.82) is 0 Å². The van der Waals surface area contributed by atoms with Crippen molar-refractivity contribution < 1.29 is 4.79 Å². The predicted octanol–water partition coefficient (Wildman–Crippen LogP) is 2.32. The number of amides is 1. The van der Waals surface area contributed by atoms with Gasteiger partial charge in [-0.2, -0.15) is 0 Å². The lowest BCUT2D eigenvalue weighted by atomic mass is 9.91. The molecule has 2 N–H and O–H groups in total. The standard InChI is InChI=1S/C14H28N2O/c1-10(2)8-12(13(17)15-5)16-11-6-7-14(3,4)9-11/h10-12,16H,6-9H2,1-5H3,(H,15,17). The summed E-state index contributed by atoms with van der Waals surface area (Å²) in [4.78, 5) is 11.8. The van der Waals surface area contributed by atoms with Crippen LogP contribution < -0.4 is 10.6 Å². The number of hydrogen-bond acceptors (Lipinski definition) is 2. The summed E-state index contributed by atoms with van der Waals surface area (Å²) < 4.78 is 0. The van der Waals surface area contributed by atoms with E-state index >= 15 is 0 Å². The fourth-order valence-corrected chi connectivity index (χ4v) is 2.76. The van der Waals surface area contributed by atoms with Gasteiger partial charge in [-0.3, -0.25) is 4.79 Å². The Balaban J connectivity index is 2.52. The largest absolute Gasteiger partial charge is 0.358 e. The van der Waals surface area contributed by atoms with Crippen LogP contribution in [0.3, 0.4) is 0 Å². The predicted molar refractivity (Wildman–Crippen MR) is 71.9 cm³/mol. The van der Waals surface area contributed by atoms with Crippen LogP contribution in [0.15, 0.2) is 0 Å². The molecular weight excluding hydrogens is 212 g/mol. The van der Waals surface area contributed by atoms with Crippen LogP contribution in [-0.2, 0) is 4.79 Å².